The smallest absolute Gasteiger partial charge is 0.191 e. The molecule has 138 valence electrons. The fraction of sp³-hybridized carbons (Fsp3) is 0.611. The van der Waals surface area contributed by atoms with Gasteiger partial charge in [-0.25, -0.2) is 4.99 Å². The SMILES string of the molecule is CCNC(=NCc1ccc(OCC)c(C)c1)NCCCCSC.I. The summed E-state index contributed by atoms with van der Waals surface area (Å²) in [6.07, 6.45) is 4.57. The van der Waals surface area contributed by atoms with Crippen molar-refractivity contribution in [3.8, 4) is 5.75 Å². The van der Waals surface area contributed by atoms with E-state index in [9.17, 15) is 0 Å². The van der Waals surface area contributed by atoms with Crippen molar-refractivity contribution in [2.24, 2.45) is 4.99 Å². The van der Waals surface area contributed by atoms with Crippen LogP contribution in [0.2, 0.25) is 0 Å². The van der Waals surface area contributed by atoms with Crippen LogP contribution in [-0.4, -0.2) is 37.7 Å². The number of ether oxygens (including phenoxy) is 1. The molecule has 4 nitrogen and oxygen atoms in total. The lowest BCUT2D eigenvalue weighted by Gasteiger charge is -2.12. The first-order chi connectivity index (χ1) is 11.2. The number of rotatable bonds is 10. The van der Waals surface area contributed by atoms with Crippen LogP contribution in [0.25, 0.3) is 0 Å². The number of nitrogens with one attached hydrogen (secondary N) is 2. The lowest BCUT2D eigenvalue weighted by molar-refractivity contribution is 0.338. The molecule has 6 heteroatoms. The van der Waals surface area contributed by atoms with Crippen LogP contribution in [0.1, 0.15) is 37.8 Å². The molecule has 0 spiro atoms. The summed E-state index contributed by atoms with van der Waals surface area (Å²) < 4.78 is 5.58. The minimum atomic E-state index is 0. The van der Waals surface area contributed by atoms with Crippen molar-refractivity contribution in [3.05, 3.63) is 29.3 Å². The molecule has 0 saturated heterocycles. The van der Waals surface area contributed by atoms with Crippen LogP contribution in [0.5, 0.6) is 5.75 Å². The lowest BCUT2D eigenvalue weighted by Crippen LogP contribution is -2.37. The van der Waals surface area contributed by atoms with Gasteiger partial charge in [-0.3, -0.25) is 0 Å². The topological polar surface area (TPSA) is 45.7 Å². The van der Waals surface area contributed by atoms with E-state index in [0.29, 0.717) is 13.2 Å². The Hall–Kier alpha value is -0.630. The Kier molecular flexibility index (Phi) is 14.3. The largest absolute Gasteiger partial charge is 0.494 e. The first-order valence-corrected chi connectivity index (χ1v) is 9.84. The van der Waals surface area contributed by atoms with Crippen molar-refractivity contribution in [2.75, 3.05) is 31.7 Å². The highest BCUT2D eigenvalue weighted by Gasteiger charge is 2.01. The second-order valence-corrected chi connectivity index (χ2v) is 6.34. The molecular weight excluding hydrogens is 433 g/mol. The van der Waals surface area contributed by atoms with Gasteiger partial charge in [-0.1, -0.05) is 12.1 Å². The van der Waals surface area contributed by atoms with Crippen molar-refractivity contribution in [3.63, 3.8) is 0 Å². The first-order valence-electron chi connectivity index (χ1n) is 8.44. The summed E-state index contributed by atoms with van der Waals surface area (Å²) in [5.74, 6) is 3.07. The minimum Gasteiger partial charge on any atom is -0.494 e. The van der Waals surface area contributed by atoms with Crippen molar-refractivity contribution in [1.82, 2.24) is 10.6 Å². The van der Waals surface area contributed by atoms with E-state index in [-0.39, 0.29) is 24.0 Å². The van der Waals surface area contributed by atoms with Gasteiger partial charge in [0.05, 0.1) is 13.2 Å². The van der Waals surface area contributed by atoms with Gasteiger partial charge in [0.15, 0.2) is 5.96 Å². The maximum Gasteiger partial charge on any atom is 0.191 e. The minimum absolute atomic E-state index is 0. The summed E-state index contributed by atoms with van der Waals surface area (Å²) in [5, 5.41) is 6.70. The quantitative estimate of drug-likeness (QED) is 0.235. The van der Waals surface area contributed by atoms with Crippen molar-refractivity contribution >= 4 is 41.7 Å². The fourth-order valence-corrected chi connectivity index (χ4v) is 2.71. The molecule has 1 rings (SSSR count). The lowest BCUT2D eigenvalue weighted by atomic mass is 10.1. The number of guanidine groups is 1. The maximum atomic E-state index is 5.58. The van der Waals surface area contributed by atoms with E-state index >= 15 is 0 Å². The van der Waals surface area contributed by atoms with Gasteiger partial charge in [-0.2, -0.15) is 11.8 Å². The number of thioether (sulfide) groups is 1. The summed E-state index contributed by atoms with van der Waals surface area (Å²) in [6.45, 7) is 9.38. The molecule has 0 unspecified atom stereocenters. The average Bonchev–Trinajstić information content (AvgIpc) is 2.54. The van der Waals surface area contributed by atoms with Crippen LogP contribution >= 0.6 is 35.7 Å². The van der Waals surface area contributed by atoms with Gasteiger partial charge in [0.25, 0.3) is 0 Å². The normalized spacial score (nSPS) is 10.9. The maximum absolute atomic E-state index is 5.58. The Bertz CT molecular complexity index is 483. The third-order valence-electron chi connectivity index (χ3n) is 3.37. The molecule has 0 amide bonds. The highest BCUT2D eigenvalue weighted by Crippen LogP contribution is 2.19. The van der Waals surface area contributed by atoms with Crippen LogP contribution in [0.15, 0.2) is 23.2 Å². The summed E-state index contributed by atoms with van der Waals surface area (Å²) in [4.78, 5) is 4.67. The van der Waals surface area contributed by atoms with Crippen LogP contribution in [0.3, 0.4) is 0 Å². The molecule has 0 fully saturated rings. The second-order valence-electron chi connectivity index (χ2n) is 5.35. The van der Waals surface area contributed by atoms with Gasteiger partial charge in [-0.05, 0) is 62.8 Å². The molecule has 2 N–H and O–H groups in total. The Balaban J connectivity index is 0.00000529. The zero-order valence-corrected chi connectivity index (χ0v) is 18.5. The number of aryl methyl sites for hydroxylation is 1. The first kappa shape index (κ1) is 23.4. The predicted octanol–water partition coefficient (Wildman–Crippen LogP) is 4.21. The molecule has 0 aromatic heterocycles. The predicted molar refractivity (Wildman–Crippen MR) is 118 cm³/mol. The average molecular weight is 465 g/mol. The molecule has 0 saturated carbocycles. The van der Waals surface area contributed by atoms with E-state index in [1.54, 1.807) is 0 Å². The zero-order chi connectivity index (χ0) is 16.9. The molecule has 1 aromatic carbocycles. The monoisotopic (exact) mass is 465 g/mol. The number of aliphatic imine (C=N–C) groups is 1. The van der Waals surface area contributed by atoms with Gasteiger partial charge in [0, 0.05) is 13.1 Å². The van der Waals surface area contributed by atoms with Gasteiger partial charge < -0.3 is 15.4 Å². The van der Waals surface area contributed by atoms with Gasteiger partial charge in [0.1, 0.15) is 5.75 Å². The second kappa shape index (κ2) is 14.7. The number of benzene rings is 1. The highest BCUT2D eigenvalue weighted by atomic mass is 127. The number of unbranched alkanes of at least 4 members (excludes halogenated alkanes) is 1. The third kappa shape index (κ3) is 9.61. The summed E-state index contributed by atoms with van der Waals surface area (Å²) in [6, 6.07) is 6.27. The highest BCUT2D eigenvalue weighted by molar-refractivity contribution is 14.0. The fourth-order valence-electron chi connectivity index (χ4n) is 2.22. The molecule has 0 atom stereocenters. The zero-order valence-electron chi connectivity index (χ0n) is 15.4. The summed E-state index contributed by atoms with van der Waals surface area (Å²) >= 11 is 1.90. The van der Waals surface area contributed by atoms with E-state index in [1.165, 1.54) is 24.2 Å². The molecule has 0 aliphatic rings. The number of hydrogen-bond donors (Lipinski definition) is 2. The standard InChI is InChI=1S/C18H31N3OS.HI/c1-5-19-18(20-11-7-8-12-23-4)21-14-16-9-10-17(22-6-2)15(3)13-16;/h9-10,13H,5-8,11-12,14H2,1-4H3,(H2,19,20,21);1H. The van der Waals surface area contributed by atoms with Gasteiger partial charge in [-0.15, -0.1) is 24.0 Å². The van der Waals surface area contributed by atoms with Crippen LogP contribution < -0.4 is 15.4 Å². The van der Waals surface area contributed by atoms with E-state index in [4.69, 9.17) is 4.74 Å². The molecule has 0 radical (unpaired) electrons. The molecule has 0 aliphatic heterocycles. The van der Waals surface area contributed by atoms with E-state index in [1.807, 2.05) is 24.8 Å². The molecule has 0 aliphatic carbocycles. The Morgan fingerprint density at radius 3 is 2.62 bits per heavy atom. The van der Waals surface area contributed by atoms with E-state index in [0.717, 1.165) is 30.4 Å². The number of halogens is 1. The Morgan fingerprint density at radius 2 is 2.00 bits per heavy atom. The van der Waals surface area contributed by atoms with E-state index in [2.05, 4.69) is 47.9 Å². The third-order valence-corrected chi connectivity index (χ3v) is 4.07. The van der Waals surface area contributed by atoms with Crippen LogP contribution in [0, 0.1) is 6.92 Å². The Morgan fingerprint density at radius 1 is 1.21 bits per heavy atom. The van der Waals surface area contributed by atoms with Crippen molar-refractivity contribution < 1.29 is 4.74 Å². The van der Waals surface area contributed by atoms with Gasteiger partial charge in [0.2, 0.25) is 0 Å². The molecule has 24 heavy (non-hydrogen) atoms. The molecular formula is C18H32IN3OS. The summed E-state index contributed by atoms with van der Waals surface area (Å²) in [5.41, 5.74) is 2.36. The molecule has 0 bridgehead atoms. The van der Waals surface area contributed by atoms with Crippen molar-refractivity contribution in [2.45, 2.75) is 40.2 Å². The summed E-state index contributed by atoms with van der Waals surface area (Å²) in [7, 11) is 0. The number of nitrogens with zero attached hydrogens (tertiary/aromatic N) is 1. The van der Waals surface area contributed by atoms with Gasteiger partial charge >= 0.3 is 0 Å². The van der Waals surface area contributed by atoms with Crippen molar-refractivity contribution in [1.29, 1.82) is 0 Å². The van der Waals surface area contributed by atoms with E-state index < -0.39 is 0 Å². The number of hydrogen-bond acceptors (Lipinski definition) is 3. The Labute approximate surface area is 168 Å². The van der Waals surface area contributed by atoms with Crippen LogP contribution in [0.4, 0.5) is 0 Å². The molecule has 0 heterocycles. The van der Waals surface area contributed by atoms with Crippen LogP contribution in [-0.2, 0) is 6.54 Å². The molecule has 1 aromatic rings.